The van der Waals surface area contributed by atoms with Crippen LogP contribution in [0.2, 0.25) is 0 Å². The molecule has 130 valence electrons. The number of rotatable bonds is 8. The molecule has 0 unspecified atom stereocenters. The summed E-state index contributed by atoms with van der Waals surface area (Å²) in [6, 6.07) is 7.84. The van der Waals surface area contributed by atoms with Crippen molar-refractivity contribution >= 4 is 28.5 Å². The highest BCUT2D eigenvalue weighted by molar-refractivity contribution is 7.15. The van der Waals surface area contributed by atoms with Gasteiger partial charge in [0.25, 0.3) is 0 Å². The van der Waals surface area contributed by atoms with Crippen molar-refractivity contribution < 1.29 is 9.90 Å². The van der Waals surface area contributed by atoms with Crippen LogP contribution in [0.1, 0.15) is 30.7 Å². The van der Waals surface area contributed by atoms with E-state index in [1.165, 1.54) is 0 Å². The summed E-state index contributed by atoms with van der Waals surface area (Å²) in [6.07, 6.45) is 7.70. The summed E-state index contributed by atoms with van der Waals surface area (Å²) < 4.78 is 0. The fourth-order valence-corrected chi connectivity index (χ4v) is 3.48. The average Bonchev–Trinajstić information content (AvgIpc) is 3.09. The van der Waals surface area contributed by atoms with Crippen molar-refractivity contribution in [2.75, 3.05) is 6.54 Å². The van der Waals surface area contributed by atoms with E-state index < -0.39 is 6.09 Å². The van der Waals surface area contributed by atoms with Gasteiger partial charge in [0.2, 0.25) is 0 Å². The van der Waals surface area contributed by atoms with Crippen LogP contribution in [0.25, 0.3) is 21.6 Å². The van der Waals surface area contributed by atoms with Gasteiger partial charge in [-0.15, -0.1) is 11.3 Å². The monoisotopic (exact) mass is 356 g/mol. The van der Waals surface area contributed by atoms with Crippen molar-refractivity contribution in [1.82, 2.24) is 20.3 Å². The standard InChI is InChI=1S/C18H20N4O2S/c23-18(24)19-10-6-2-1-3-9-17-21-12-16(25-17)15-11-20-13-7-4-5-8-14(13)22-15/h4-5,7-8,11-12,19H,1-3,6,9-10H2,(H,23,24). The lowest BCUT2D eigenvalue weighted by Gasteiger charge is -2.01. The Morgan fingerprint density at radius 2 is 1.84 bits per heavy atom. The third-order valence-electron chi connectivity index (χ3n) is 3.85. The predicted octanol–water partition coefficient (Wildman–Crippen LogP) is 4.12. The van der Waals surface area contributed by atoms with Gasteiger partial charge >= 0.3 is 6.09 Å². The molecule has 7 heteroatoms. The molecule has 0 aliphatic heterocycles. The van der Waals surface area contributed by atoms with Gasteiger partial charge in [-0.05, 0) is 31.4 Å². The Balaban J connectivity index is 1.49. The van der Waals surface area contributed by atoms with E-state index in [1.54, 1.807) is 17.5 Å². The predicted molar refractivity (Wildman–Crippen MR) is 98.8 cm³/mol. The van der Waals surface area contributed by atoms with Gasteiger partial charge in [0.05, 0.1) is 27.1 Å². The molecule has 0 atom stereocenters. The highest BCUT2D eigenvalue weighted by Crippen LogP contribution is 2.26. The van der Waals surface area contributed by atoms with Crippen LogP contribution in [0.4, 0.5) is 4.79 Å². The first-order valence-electron chi connectivity index (χ1n) is 8.36. The molecule has 25 heavy (non-hydrogen) atoms. The molecule has 0 fully saturated rings. The summed E-state index contributed by atoms with van der Waals surface area (Å²) in [6.45, 7) is 0.525. The van der Waals surface area contributed by atoms with Crippen molar-refractivity contribution in [1.29, 1.82) is 0 Å². The van der Waals surface area contributed by atoms with Crippen LogP contribution in [0.15, 0.2) is 36.7 Å². The smallest absolute Gasteiger partial charge is 0.404 e. The number of benzene rings is 1. The Morgan fingerprint density at radius 3 is 2.68 bits per heavy atom. The van der Waals surface area contributed by atoms with Crippen LogP contribution >= 0.6 is 11.3 Å². The fraction of sp³-hybridized carbons (Fsp3) is 0.333. The molecule has 0 saturated heterocycles. The number of nitrogens with zero attached hydrogens (tertiary/aromatic N) is 3. The second-order valence-corrected chi connectivity index (χ2v) is 6.87. The minimum atomic E-state index is -0.952. The minimum Gasteiger partial charge on any atom is -0.465 e. The number of aromatic nitrogens is 3. The molecule has 0 aliphatic carbocycles. The number of amides is 1. The number of aryl methyl sites for hydroxylation is 1. The molecule has 6 nitrogen and oxygen atoms in total. The first-order chi connectivity index (χ1) is 12.2. The highest BCUT2D eigenvalue weighted by Gasteiger charge is 2.07. The molecule has 0 saturated carbocycles. The molecule has 3 rings (SSSR count). The van der Waals surface area contributed by atoms with Gasteiger partial charge in [-0.25, -0.2) is 14.8 Å². The van der Waals surface area contributed by atoms with E-state index in [1.807, 2.05) is 30.5 Å². The molecule has 2 aromatic heterocycles. The van der Waals surface area contributed by atoms with E-state index in [2.05, 4.69) is 20.3 Å². The van der Waals surface area contributed by atoms with Crippen LogP contribution < -0.4 is 5.32 Å². The zero-order valence-electron chi connectivity index (χ0n) is 13.8. The SMILES string of the molecule is O=C(O)NCCCCCCc1ncc(-c2cnc3ccccc3n2)s1. The van der Waals surface area contributed by atoms with Crippen molar-refractivity contribution in [3.63, 3.8) is 0 Å². The molecule has 2 heterocycles. The second-order valence-electron chi connectivity index (χ2n) is 5.76. The maximum absolute atomic E-state index is 10.3. The van der Waals surface area contributed by atoms with E-state index in [-0.39, 0.29) is 0 Å². The van der Waals surface area contributed by atoms with E-state index in [9.17, 15) is 4.79 Å². The first-order valence-corrected chi connectivity index (χ1v) is 9.18. The van der Waals surface area contributed by atoms with Crippen molar-refractivity contribution in [3.05, 3.63) is 41.7 Å². The molecule has 0 bridgehead atoms. The molecule has 3 aromatic rings. The first kappa shape index (κ1) is 17.3. The Hall–Kier alpha value is -2.54. The summed E-state index contributed by atoms with van der Waals surface area (Å²) in [5.41, 5.74) is 2.65. The summed E-state index contributed by atoms with van der Waals surface area (Å²) in [5.74, 6) is 0. The number of carbonyl (C=O) groups is 1. The van der Waals surface area contributed by atoms with Crippen LogP contribution in [0, 0.1) is 0 Å². The topological polar surface area (TPSA) is 88.0 Å². The summed E-state index contributed by atoms with van der Waals surface area (Å²) >= 11 is 1.66. The molecule has 1 aromatic carbocycles. The Labute approximate surface area is 150 Å². The van der Waals surface area contributed by atoms with Gasteiger partial charge in [0.15, 0.2) is 0 Å². The normalized spacial score (nSPS) is 10.9. The van der Waals surface area contributed by atoms with Crippen molar-refractivity contribution in [2.24, 2.45) is 0 Å². The van der Waals surface area contributed by atoms with Gasteiger partial charge in [0, 0.05) is 12.7 Å². The second kappa shape index (κ2) is 8.53. The summed E-state index contributed by atoms with van der Waals surface area (Å²) in [4.78, 5) is 25.0. The van der Waals surface area contributed by atoms with Crippen LogP contribution in [-0.4, -0.2) is 32.7 Å². The molecular formula is C18H20N4O2S. The summed E-state index contributed by atoms with van der Waals surface area (Å²) in [7, 11) is 0. The largest absolute Gasteiger partial charge is 0.465 e. The molecule has 0 aliphatic rings. The van der Waals surface area contributed by atoms with Crippen LogP contribution in [-0.2, 0) is 6.42 Å². The maximum atomic E-state index is 10.3. The fourth-order valence-electron chi connectivity index (χ4n) is 2.57. The number of thiazole rings is 1. The third-order valence-corrected chi connectivity index (χ3v) is 4.93. The number of nitrogens with one attached hydrogen (secondary N) is 1. The van der Waals surface area contributed by atoms with E-state index in [4.69, 9.17) is 5.11 Å². The zero-order chi connectivity index (χ0) is 17.5. The number of para-hydroxylation sites is 2. The van der Waals surface area contributed by atoms with E-state index in [0.29, 0.717) is 6.54 Å². The van der Waals surface area contributed by atoms with Gasteiger partial charge in [0.1, 0.15) is 5.69 Å². The number of hydrogen-bond donors (Lipinski definition) is 2. The average molecular weight is 356 g/mol. The van der Waals surface area contributed by atoms with Gasteiger partial charge < -0.3 is 10.4 Å². The molecular weight excluding hydrogens is 336 g/mol. The molecule has 0 spiro atoms. The minimum absolute atomic E-state index is 0.525. The van der Waals surface area contributed by atoms with Crippen LogP contribution in [0.5, 0.6) is 0 Å². The molecule has 1 amide bonds. The number of hydrogen-bond acceptors (Lipinski definition) is 5. The number of fused-ring (bicyclic) bond motifs is 1. The van der Waals surface area contributed by atoms with Crippen molar-refractivity contribution in [2.45, 2.75) is 32.1 Å². The summed E-state index contributed by atoms with van der Waals surface area (Å²) in [5, 5.41) is 12.0. The number of unbranched alkanes of at least 4 members (excludes halogenated alkanes) is 3. The van der Waals surface area contributed by atoms with E-state index in [0.717, 1.165) is 58.7 Å². The zero-order valence-corrected chi connectivity index (χ0v) is 14.6. The Morgan fingerprint density at radius 1 is 1.04 bits per heavy atom. The lowest BCUT2D eigenvalue weighted by Crippen LogP contribution is -2.21. The van der Waals surface area contributed by atoms with E-state index >= 15 is 0 Å². The van der Waals surface area contributed by atoms with Gasteiger partial charge in [-0.3, -0.25) is 4.98 Å². The quantitative estimate of drug-likeness (QED) is 0.593. The molecule has 2 N–H and O–H groups in total. The molecule has 0 radical (unpaired) electrons. The van der Waals surface area contributed by atoms with Crippen molar-refractivity contribution in [3.8, 4) is 10.6 Å². The van der Waals surface area contributed by atoms with Crippen LogP contribution in [0.3, 0.4) is 0 Å². The lowest BCUT2D eigenvalue weighted by atomic mass is 10.1. The maximum Gasteiger partial charge on any atom is 0.404 e. The van der Waals surface area contributed by atoms with Gasteiger partial charge in [-0.2, -0.15) is 0 Å². The number of carboxylic acid groups (broad SMARTS) is 1. The Kier molecular flexibility index (Phi) is 5.90. The Bertz CT molecular complexity index is 850. The third kappa shape index (κ3) is 4.96. The highest BCUT2D eigenvalue weighted by atomic mass is 32.1. The lowest BCUT2D eigenvalue weighted by molar-refractivity contribution is 0.194. The van der Waals surface area contributed by atoms with Gasteiger partial charge in [-0.1, -0.05) is 25.0 Å².